The minimum absolute atomic E-state index is 0.0229. The zero-order valence-corrected chi connectivity index (χ0v) is 16.9. The fourth-order valence-corrected chi connectivity index (χ4v) is 3.82. The normalized spacial score (nSPS) is 10.7. The van der Waals surface area contributed by atoms with Crippen molar-refractivity contribution in [3.8, 4) is 11.5 Å². The van der Waals surface area contributed by atoms with Crippen LogP contribution >= 0.6 is 43.5 Å². The number of aromatic hydroxyl groups is 1. The summed E-state index contributed by atoms with van der Waals surface area (Å²) in [6.45, 7) is 0.0229. The van der Waals surface area contributed by atoms with E-state index in [9.17, 15) is 9.90 Å². The number of benzene rings is 2. The maximum Gasteiger partial charge on any atom is 0.259 e. The van der Waals surface area contributed by atoms with Crippen molar-refractivity contribution >= 4 is 61.3 Å². The van der Waals surface area contributed by atoms with Gasteiger partial charge in [-0.25, -0.2) is 5.43 Å². The summed E-state index contributed by atoms with van der Waals surface area (Å²) in [5.41, 5.74) is 3.80. The van der Waals surface area contributed by atoms with Gasteiger partial charge in [0.05, 0.1) is 25.6 Å². The van der Waals surface area contributed by atoms with Gasteiger partial charge in [-0.2, -0.15) is 5.10 Å². The minimum Gasteiger partial charge on any atom is -0.504 e. The number of ether oxygens (including phenoxy) is 1. The molecule has 0 bridgehead atoms. The van der Waals surface area contributed by atoms with E-state index in [0.29, 0.717) is 22.0 Å². The number of phenols is 1. The highest BCUT2D eigenvalue weighted by molar-refractivity contribution is 9.11. The molecular weight excluding hydrogens is 477 g/mol. The molecule has 0 aliphatic heterocycles. The summed E-state index contributed by atoms with van der Waals surface area (Å²) in [6.07, 6.45) is 1.45. The van der Waals surface area contributed by atoms with Crippen LogP contribution in [0.4, 0.5) is 5.69 Å². The lowest BCUT2D eigenvalue weighted by atomic mass is 10.2. The highest BCUT2D eigenvalue weighted by atomic mass is 79.9. The van der Waals surface area contributed by atoms with Crippen LogP contribution in [0.2, 0.25) is 5.02 Å². The standard InChI is InChI=1S/C16H14Br2ClN3O3/c1-25-14-4-9(2-3-13(14)23)7-21-22-15(24)8-20-16-11(17)5-10(19)6-12(16)18/h2-7,20,23H,8H2,1H3,(H,22,24). The molecule has 0 fully saturated rings. The molecular formula is C16H14Br2ClN3O3. The van der Waals surface area contributed by atoms with E-state index in [2.05, 4.69) is 47.7 Å². The third-order valence-corrected chi connectivity index (χ3v) is 4.51. The quantitative estimate of drug-likeness (QED) is 0.419. The van der Waals surface area contributed by atoms with Gasteiger partial charge < -0.3 is 15.2 Å². The Morgan fingerprint density at radius 1 is 1.32 bits per heavy atom. The van der Waals surface area contributed by atoms with E-state index in [0.717, 1.165) is 8.95 Å². The van der Waals surface area contributed by atoms with Crippen molar-refractivity contribution < 1.29 is 14.6 Å². The number of phenolic OH excluding ortho intramolecular Hbond substituents is 1. The van der Waals surface area contributed by atoms with Crippen molar-refractivity contribution in [2.75, 3.05) is 19.0 Å². The van der Waals surface area contributed by atoms with Gasteiger partial charge in [-0.05, 0) is 67.8 Å². The first-order valence-corrected chi connectivity index (χ1v) is 8.94. The predicted octanol–water partition coefficient (Wildman–Crippen LogP) is 4.14. The molecule has 2 aromatic carbocycles. The van der Waals surface area contributed by atoms with Crippen molar-refractivity contribution in [2.45, 2.75) is 0 Å². The third kappa shape index (κ3) is 5.62. The molecule has 6 nitrogen and oxygen atoms in total. The summed E-state index contributed by atoms with van der Waals surface area (Å²) in [5.74, 6) is 0.0390. The lowest BCUT2D eigenvalue weighted by Gasteiger charge is -2.10. The first-order valence-electron chi connectivity index (χ1n) is 6.98. The van der Waals surface area contributed by atoms with E-state index in [1.54, 1.807) is 24.3 Å². The highest BCUT2D eigenvalue weighted by Crippen LogP contribution is 2.34. The second-order valence-electron chi connectivity index (χ2n) is 4.82. The number of carbonyl (C=O) groups excluding carboxylic acids is 1. The van der Waals surface area contributed by atoms with Gasteiger partial charge >= 0.3 is 0 Å². The van der Waals surface area contributed by atoms with Crippen LogP contribution in [0.3, 0.4) is 0 Å². The summed E-state index contributed by atoms with van der Waals surface area (Å²) < 4.78 is 6.48. The van der Waals surface area contributed by atoms with Crippen LogP contribution < -0.4 is 15.5 Å². The number of amides is 1. The number of halogens is 3. The van der Waals surface area contributed by atoms with Gasteiger partial charge in [0, 0.05) is 14.0 Å². The van der Waals surface area contributed by atoms with Crippen molar-refractivity contribution in [3.63, 3.8) is 0 Å². The van der Waals surface area contributed by atoms with Crippen LogP contribution in [0.25, 0.3) is 0 Å². The monoisotopic (exact) mass is 489 g/mol. The highest BCUT2D eigenvalue weighted by Gasteiger charge is 2.08. The first kappa shape index (κ1) is 19.6. The molecule has 0 spiro atoms. The second-order valence-corrected chi connectivity index (χ2v) is 6.97. The molecule has 1 amide bonds. The molecule has 0 aliphatic carbocycles. The van der Waals surface area contributed by atoms with Crippen LogP contribution in [-0.2, 0) is 4.79 Å². The number of hydrogen-bond acceptors (Lipinski definition) is 5. The lowest BCUT2D eigenvalue weighted by Crippen LogP contribution is -2.26. The van der Waals surface area contributed by atoms with Gasteiger partial charge in [0.2, 0.25) is 0 Å². The smallest absolute Gasteiger partial charge is 0.259 e. The molecule has 0 aromatic heterocycles. The largest absolute Gasteiger partial charge is 0.504 e. The predicted molar refractivity (Wildman–Crippen MR) is 106 cm³/mol. The van der Waals surface area contributed by atoms with E-state index >= 15 is 0 Å². The zero-order chi connectivity index (χ0) is 18.4. The van der Waals surface area contributed by atoms with E-state index in [1.165, 1.54) is 19.4 Å². The van der Waals surface area contributed by atoms with Gasteiger partial charge in [0.1, 0.15) is 0 Å². The maximum absolute atomic E-state index is 11.9. The Kier molecular flexibility index (Phi) is 7.10. The number of hydrazone groups is 1. The molecule has 9 heteroatoms. The van der Waals surface area contributed by atoms with Crippen molar-refractivity contribution in [3.05, 3.63) is 49.9 Å². The average Bonchev–Trinajstić information content (AvgIpc) is 2.55. The maximum atomic E-state index is 11.9. The molecule has 0 saturated carbocycles. The third-order valence-electron chi connectivity index (χ3n) is 3.04. The summed E-state index contributed by atoms with van der Waals surface area (Å²) in [4.78, 5) is 11.9. The number of hydrogen-bond donors (Lipinski definition) is 3. The fraction of sp³-hybridized carbons (Fsp3) is 0.125. The van der Waals surface area contributed by atoms with Crippen LogP contribution in [0.1, 0.15) is 5.56 Å². The lowest BCUT2D eigenvalue weighted by molar-refractivity contribution is -0.119. The topological polar surface area (TPSA) is 83.0 Å². The molecule has 0 aliphatic rings. The summed E-state index contributed by atoms with van der Waals surface area (Å²) in [7, 11) is 1.45. The molecule has 2 rings (SSSR count). The second kappa shape index (κ2) is 9.07. The van der Waals surface area contributed by atoms with E-state index in [-0.39, 0.29) is 18.2 Å². The van der Waals surface area contributed by atoms with E-state index in [1.807, 2.05) is 0 Å². The molecule has 3 N–H and O–H groups in total. The van der Waals surface area contributed by atoms with Gasteiger partial charge in [-0.15, -0.1) is 0 Å². The number of methoxy groups -OCH3 is 1. The van der Waals surface area contributed by atoms with Gasteiger partial charge in [0.25, 0.3) is 5.91 Å². The number of nitrogens with one attached hydrogen (secondary N) is 2. The summed E-state index contributed by atoms with van der Waals surface area (Å²) >= 11 is 12.7. The van der Waals surface area contributed by atoms with Crippen LogP contribution in [0.15, 0.2) is 44.4 Å². The number of rotatable bonds is 6. The van der Waals surface area contributed by atoms with Crippen LogP contribution in [0, 0.1) is 0 Å². The van der Waals surface area contributed by atoms with Crippen molar-refractivity contribution in [1.29, 1.82) is 0 Å². The Balaban J connectivity index is 1.91. The van der Waals surface area contributed by atoms with Crippen LogP contribution in [0.5, 0.6) is 11.5 Å². The van der Waals surface area contributed by atoms with Gasteiger partial charge in [-0.3, -0.25) is 4.79 Å². The Labute approximate surface area is 166 Å². The molecule has 2 aromatic rings. The minimum atomic E-state index is -0.323. The molecule has 0 saturated heterocycles. The fourth-order valence-electron chi connectivity index (χ4n) is 1.87. The summed E-state index contributed by atoms with van der Waals surface area (Å²) in [6, 6.07) is 8.18. The van der Waals surface area contributed by atoms with Gasteiger partial charge in [-0.1, -0.05) is 11.6 Å². The number of nitrogens with zero attached hydrogens (tertiary/aromatic N) is 1. The van der Waals surface area contributed by atoms with E-state index in [4.69, 9.17) is 16.3 Å². The number of anilines is 1. The molecule has 0 unspecified atom stereocenters. The van der Waals surface area contributed by atoms with Crippen LogP contribution in [-0.4, -0.2) is 30.9 Å². The number of carbonyl (C=O) groups is 1. The molecule has 25 heavy (non-hydrogen) atoms. The first-order chi connectivity index (χ1) is 11.9. The molecule has 132 valence electrons. The molecule has 0 atom stereocenters. The Bertz CT molecular complexity index is 792. The Morgan fingerprint density at radius 3 is 2.64 bits per heavy atom. The average molecular weight is 492 g/mol. The Hall–Kier alpha value is -1.77. The van der Waals surface area contributed by atoms with Crippen molar-refractivity contribution in [2.24, 2.45) is 5.10 Å². The Morgan fingerprint density at radius 2 is 2.00 bits per heavy atom. The van der Waals surface area contributed by atoms with Gasteiger partial charge in [0.15, 0.2) is 11.5 Å². The molecule has 0 heterocycles. The van der Waals surface area contributed by atoms with E-state index < -0.39 is 0 Å². The summed E-state index contributed by atoms with van der Waals surface area (Å²) in [5, 5.41) is 17.0. The molecule has 0 radical (unpaired) electrons. The van der Waals surface area contributed by atoms with Crippen molar-refractivity contribution in [1.82, 2.24) is 5.43 Å². The SMILES string of the molecule is COc1cc(C=NNC(=O)CNc2c(Br)cc(Cl)cc2Br)ccc1O. The zero-order valence-electron chi connectivity index (χ0n) is 13.0.